The van der Waals surface area contributed by atoms with Gasteiger partial charge in [-0.05, 0) is 56.3 Å². The van der Waals surface area contributed by atoms with Crippen LogP contribution < -0.4 is 20.7 Å². The van der Waals surface area contributed by atoms with Gasteiger partial charge in [0, 0.05) is 69.3 Å². The van der Waals surface area contributed by atoms with Gasteiger partial charge < -0.3 is 30.6 Å². The summed E-state index contributed by atoms with van der Waals surface area (Å²) in [6.45, 7) is 6.79. The summed E-state index contributed by atoms with van der Waals surface area (Å²) in [4.78, 5) is 32.7. The number of likely N-dealkylation sites (N-methyl/N-ethyl adjacent to an activating group) is 1. The number of fused-ring (bicyclic) bond motifs is 3. The Morgan fingerprint density at radius 2 is 1.85 bits per heavy atom. The molecule has 4 N–H and O–H groups in total. The van der Waals surface area contributed by atoms with Crippen LogP contribution in [0.25, 0.3) is 22.6 Å². The average molecular weight is 557 g/mol. The number of carbonyl (C=O) groups excluding carboxylic acids is 1. The number of piperidine rings is 1. The molecule has 4 atom stereocenters. The fourth-order valence-electron chi connectivity index (χ4n) is 7.49. The number of H-pyrrole nitrogens is 1. The summed E-state index contributed by atoms with van der Waals surface area (Å²) in [5.74, 6) is 1.54. The van der Waals surface area contributed by atoms with Crippen LogP contribution >= 0.6 is 0 Å². The molecule has 10 nitrogen and oxygen atoms in total. The Balaban J connectivity index is 1.09. The van der Waals surface area contributed by atoms with Gasteiger partial charge in [-0.3, -0.25) is 9.69 Å². The lowest BCUT2D eigenvalue weighted by atomic mass is 9.88. The second-order valence-corrected chi connectivity index (χ2v) is 12.1. The molecule has 3 fully saturated rings. The lowest BCUT2D eigenvalue weighted by Crippen LogP contribution is -2.52. The van der Waals surface area contributed by atoms with Crippen LogP contribution in [0.3, 0.4) is 0 Å². The molecule has 0 radical (unpaired) electrons. The summed E-state index contributed by atoms with van der Waals surface area (Å²) in [6, 6.07) is 8.98. The normalized spacial score (nSPS) is 27.1. The van der Waals surface area contributed by atoms with Gasteiger partial charge in [-0.25, -0.2) is 9.97 Å². The van der Waals surface area contributed by atoms with Gasteiger partial charge in [0.15, 0.2) is 5.65 Å². The van der Waals surface area contributed by atoms with Crippen LogP contribution in [0.5, 0.6) is 5.75 Å². The molecule has 4 heterocycles. The van der Waals surface area contributed by atoms with Gasteiger partial charge >= 0.3 is 0 Å². The molecular formula is C31H40N8O2. The smallest absolute Gasteiger partial charge is 0.223 e. The zero-order chi connectivity index (χ0) is 28.1. The van der Waals surface area contributed by atoms with E-state index in [1.165, 1.54) is 44.7 Å². The molecule has 1 amide bonds. The molecule has 2 aliphatic carbocycles. The van der Waals surface area contributed by atoms with E-state index < -0.39 is 0 Å². The molecule has 1 aromatic carbocycles. The second kappa shape index (κ2) is 10.6. The number of allylic oxidation sites excluding steroid dienone is 1. The number of imidazole rings is 1. The molecule has 7 rings (SSSR count). The summed E-state index contributed by atoms with van der Waals surface area (Å²) < 4.78 is 5.87. The van der Waals surface area contributed by atoms with Gasteiger partial charge in [-0.15, -0.1) is 0 Å². The van der Waals surface area contributed by atoms with Crippen LogP contribution in [0.1, 0.15) is 19.3 Å². The van der Waals surface area contributed by atoms with Crippen molar-refractivity contribution < 1.29 is 9.53 Å². The average Bonchev–Trinajstić information content (AvgIpc) is 3.73. The van der Waals surface area contributed by atoms with Crippen molar-refractivity contribution in [2.45, 2.75) is 31.3 Å². The van der Waals surface area contributed by atoms with Crippen LogP contribution in [0, 0.1) is 17.8 Å². The molecule has 2 aliphatic heterocycles. The van der Waals surface area contributed by atoms with Crippen molar-refractivity contribution in [3.05, 3.63) is 42.6 Å². The summed E-state index contributed by atoms with van der Waals surface area (Å²) in [7, 11) is 3.93. The highest BCUT2D eigenvalue weighted by molar-refractivity contribution is 5.89. The van der Waals surface area contributed by atoms with Gasteiger partial charge in [-0.1, -0.05) is 12.2 Å². The number of nitrogens with one attached hydrogen (secondary N) is 2. The molecule has 216 valence electrons. The molecule has 2 saturated heterocycles. The first kappa shape index (κ1) is 26.3. The zero-order valence-corrected chi connectivity index (χ0v) is 23.9. The van der Waals surface area contributed by atoms with E-state index in [9.17, 15) is 4.79 Å². The van der Waals surface area contributed by atoms with Crippen LogP contribution in [0.4, 0.5) is 11.4 Å². The van der Waals surface area contributed by atoms with Crippen molar-refractivity contribution in [3.63, 3.8) is 0 Å². The fraction of sp³-hybridized carbons (Fsp3) is 0.516. The highest BCUT2D eigenvalue weighted by Crippen LogP contribution is 2.45. The summed E-state index contributed by atoms with van der Waals surface area (Å²) in [6.07, 6.45) is 9.44. The number of aromatic amines is 1. The zero-order valence-electron chi connectivity index (χ0n) is 23.9. The molecule has 0 spiro atoms. The third-order valence-electron chi connectivity index (χ3n) is 9.83. The van der Waals surface area contributed by atoms with Gasteiger partial charge in [-0.2, -0.15) is 0 Å². The maximum absolute atomic E-state index is 12.3. The number of benzene rings is 1. The molecule has 41 heavy (non-hydrogen) atoms. The van der Waals surface area contributed by atoms with Crippen LogP contribution in [-0.4, -0.2) is 96.2 Å². The molecule has 10 heteroatoms. The lowest BCUT2D eigenvalue weighted by molar-refractivity contribution is -0.122. The topological polar surface area (TPSA) is 116 Å². The predicted octanol–water partition coefficient (Wildman–Crippen LogP) is 2.94. The van der Waals surface area contributed by atoms with Crippen LogP contribution in [0.2, 0.25) is 0 Å². The number of anilines is 2. The van der Waals surface area contributed by atoms with E-state index in [0.29, 0.717) is 23.4 Å². The van der Waals surface area contributed by atoms with E-state index >= 15 is 0 Å². The third-order valence-corrected chi connectivity index (χ3v) is 9.83. The minimum Gasteiger partial charge on any atom is -0.496 e. The van der Waals surface area contributed by atoms with E-state index in [0.717, 1.165) is 42.0 Å². The Morgan fingerprint density at radius 1 is 1.07 bits per heavy atom. The standard InChI is InChI=1S/C31H40N8O2/c1-37-13-15-39(16-14-37)21-8-11-38(12-9-21)22-5-6-23(25(18-22)41-2)30-35-28-24(7-10-33-31(28)36-30)34-27-20-4-3-19(17-20)26(27)29(32)40/h3-7,10,18-21,26-27H,8-9,11-17H2,1-2H3,(H2,32,40)(H2,33,34,35,36)/t19-,20+,26+,27-/m1/s1. The predicted molar refractivity (Wildman–Crippen MR) is 161 cm³/mol. The van der Waals surface area contributed by atoms with E-state index in [1.54, 1.807) is 13.3 Å². The van der Waals surface area contributed by atoms with Crippen LogP contribution in [-0.2, 0) is 4.79 Å². The number of nitrogens with zero attached hydrogens (tertiary/aromatic N) is 5. The van der Waals surface area contributed by atoms with Crippen molar-refractivity contribution >= 4 is 28.4 Å². The van der Waals surface area contributed by atoms with E-state index in [2.05, 4.69) is 67.4 Å². The van der Waals surface area contributed by atoms with Crippen molar-refractivity contribution in [2.24, 2.45) is 23.5 Å². The number of carbonyl (C=O) groups is 1. The fourth-order valence-corrected chi connectivity index (χ4v) is 7.49. The number of piperazine rings is 1. The second-order valence-electron chi connectivity index (χ2n) is 12.1. The Labute approximate surface area is 240 Å². The first-order valence-electron chi connectivity index (χ1n) is 14.9. The molecule has 1 saturated carbocycles. The minimum atomic E-state index is -0.247. The number of amides is 1. The molecular weight excluding hydrogens is 516 g/mol. The molecule has 2 bridgehead atoms. The largest absolute Gasteiger partial charge is 0.496 e. The Hall–Kier alpha value is -3.63. The van der Waals surface area contributed by atoms with Gasteiger partial charge in [0.25, 0.3) is 0 Å². The number of aromatic nitrogens is 3. The number of pyridine rings is 1. The van der Waals surface area contributed by atoms with Crippen LogP contribution in [0.15, 0.2) is 42.6 Å². The molecule has 2 aromatic heterocycles. The Morgan fingerprint density at radius 3 is 2.61 bits per heavy atom. The lowest BCUT2D eigenvalue weighted by Gasteiger charge is -2.42. The van der Waals surface area contributed by atoms with Gasteiger partial charge in [0.1, 0.15) is 17.1 Å². The SMILES string of the molecule is COc1cc(N2CCC(N3CCN(C)CC3)CC2)ccc1-c1nc2nccc(N[C@H]3[C@@H](C(N)=O)[C@@H]4C=C[C@H]3C4)c2[nH]1. The van der Waals surface area contributed by atoms with E-state index in [-0.39, 0.29) is 23.8 Å². The first-order valence-corrected chi connectivity index (χ1v) is 14.9. The monoisotopic (exact) mass is 556 g/mol. The highest BCUT2D eigenvalue weighted by atomic mass is 16.5. The quantitative estimate of drug-likeness (QED) is 0.381. The maximum atomic E-state index is 12.3. The molecule has 3 aromatic rings. The number of methoxy groups -OCH3 is 1. The van der Waals surface area contributed by atoms with Crippen molar-refractivity contribution in [1.29, 1.82) is 0 Å². The number of hydrogen-bond donors (Lipinski definition) is 3. The third kappa shape index (κ3) is 4.82. The van der Waals surface area contributed by atoms with E-state index in [4.69, 9.17) is 15.5 Å². The number of hydrogen-bond acceptors (Lipinski definition) is 8. The maximum Gasteiger partial charge on any atom is 0.223 e. The highest BCUT2D eigenvalue weighted by Gasteiger charge is 2.47. The van der Waals surface area contributed by atoms with Crippen molar-refractivity contribution in [2.75, 3.05) is 63.6 Å². The summed E-state index contributed by atoms with van der Waals surface area (Å²) in [5, 5.41) is 3.61. The van der Waals surface area contributed by atoms with E-state index in [1.807, 2.05) is 6.07 Å². The Bertz CT molecular complexity index is 1450. The molecule has 4 aliphatic rings. The van der Waals surface area contributed by atoms with Crippen molar-refractivity contribution in [1.82, 2.24) is 24.8 Å². The first-order chi connectivity index (χ1) is 20.0. The van der Waals surface area contributed by atoms with Gasteiger partial charge in [0.2, 0.25) is 5.91 Å². The number of rotatable bonds is 7. The summed E-state index contributed by atoms with van der Waals surface area (Å²) >= 11 is 0. The van der Waals surface area contributed by atoms with Gasteiger partial charge in [0.05, 0.1) is 24.3 Å². The molecule has 0 unspecified atom stereocenters. The summed E-state index contributed by atoms with van der Waals surface area (Å²) in [5.41, 5.74) is 10.2. The number of primary amides is 1. The van der Waals surface area contributed by atoms with Crippen molar-refractivity contribution in [3.8, 4) is 17.1 Å². The minimum absolute atomic E-state index is 0.0333. The number of nitrogens with two attached hydrogens (primary N) is 1. The number of ether oxygens (including phenoxy) is 1. The Kier molecular flexibility index (Phi) is 6.83.